The zero-order valence-electron chi connectivity index (χ0n) is 24.7. The first-order valence-electron chi connectivity index (χ1n) is 14.3. The van der Waals surface area contributed by atoms with Crippen LogP contribution in [0.1, 0.15) is 35.1 Å². The quantitative estimate of drug-likeness (QED) is 0.126. The topological polar surface area (TPSA) is 98.9 Å². The van der Waals surface area contributed by atoms with Crippen molar-refractivity contribution in [3.8, 4) is 17.2 Å². The van der Waals surface area contributed by atoms with Crippen LogP contribution in [0.3, 0.4) is 0 Å². The molecule has 1 aliphatic heterocycles. The fourth-order valence-electron chi connectivity index (χ4n) is 5.04. The number of halogens is 3. The van der Waals surface area contributed by atoms with Crippen LogP contribution in [0.15, 0.2) is 77.2 Å². The van der Waals surface area contributed by atoms with Crippen molar-refractivity contribution in [2.24, 2.45) is 0 Å². The molecule has 0 amide bonds. The normalized spacial score (nSPS) is 13.8. The van der Waals surface area contributed by atoms with Crippen LogP contribution in [-0.4, -0.2) is 52.6 Å². The molecule has 45 heavy (non-hydrogen) atoms. The van der Waals surface area contributed by atoms with E-state index >= 15 is 0 Å². The van der Waals surface area contributed by atoms with Gasteiger partial charge in [-0.1, -0.05) is 0 Å². The molecule has 1 aromatic heterocycles. The maximum absolute atomic E-state index is 13.9. The summed E-state index contributed by atoms with van der Waals surface area (Å²) in [6.45, 7) is 4.17. The molecule has 0 saturated heterocycles. The molecular weight excluding hydrogens is 672 g/mol. The van der Waals surface area contributed by atoms with Crippen molar-refractivity contribution < 1.29 is 40.3 Å². The molecule has 1 atom stereocenters. The molecule has 5 rings (SSSR count). The number of aromatic nitrogens is 1. The molecule has 0 spiro atoms. The summed E-state index contributed by atoms with van der Waals surface area (Å²) in [6.07, 6.45) is -3.43. The van der Waals surface area contributed by atoms with Crippen molar-refractivity contribution >= 4 is 33.4 Å². The van der Waals surface area contributed by atoms with Gasteiger partial charge in [0.1, 0.15) is 0 Å². The molecule has 0 saturated carbocycles. The van der Waals surface area contributed by atoms with Crippen LogP contribution in [-0.2, 0) is 42.0 Å². The molecule has 3 aromatic carbocycles. The van der Waals surface area contributed by atoms with Gasteiger partial charge in [0.15, 0.2) is 0 Å². The molecule has 0 aliphatic carbocycles. The van der Waals surface area contributed by atoms with Gasteiger partial charge in [-0.15, -0.1) is 0 Å². The summed E-state index contributed by atoms with van der Waals surface area (Å²) in [5.41, 5.74) is 2.67. The van der Waals surface area contributed by atoms with E-state index in [1.54, 1.807) is 38.1 Å². The Morgan fingerprint density at radius 3 is 2.56 bits per heavy atom. The molecular formula is C32H32AsF3N2O6S. The monoisotopic (exact) mass is 704 g/mol. The Bertz CT molecular complexity index is 1760. The number of anilines is 1. The second-order valence-corrected chi connectivity index (χ2v) is 20.6. The number of para-hydroxylation sites is 1. The van der Waals surface area contributed by atoms with E-state index in [0.717, 1.165) is 23.3 Å². The van der Waals surface area contributed by atoms with E-state index in [9.17, 15) is 26.4 Å². The van der Waals surface area contributed by atoms with Crippen molar-refractivity contribution in [1.82, 2.24) is 4.98 Å². The van der Waals surface area contributed by atoms with E-state index in [0.29, 0.717) is 47.8 Å². The molecule has 8 nitrogen and oxygen atoms in total. The van der Waals surface area contributed by atoms with Gasteiger partial charge >= 0.3 is 233 Å². The molecule has 0 N–H and O–H groups in total. The third-order valence-corrected chi connectivity index (χ3v) is 18.3. The second kappa shape index (κ2) is 13.7. The average Bonchev–Trinajstić information content (AvgIpc) is 3.61. The van der Waals surface area contributed by atoms with Crippen LogP contribution in [0.5, 0.6) is 5.75 Å². The number of nitrogens with zero attached hydrogens (tertiary/aromatic N) is 2. The zero-order valence-corrected chi connectivity index (χ0v) is 27.4. The van der Waals surface area contributed by atoms with Gasteiger partial charge in [-0.05, 0) is 12.1 Å². The Balaban J connectivity index is 1.26. The molecule has 238 valence electrons. The summed E-state index contributed by atoms with van der Waals surface area (Å²) in [5.74, 6) is 0.771. The van der Waals surface area contributed by atoms with Crippen molar-refractivity contribution in [1.29, 1.82) is 0 Å². The van der Waals surface area contributed by atoms with Crippen LogP contribution >= 0.6 is 0 Å². The molecule has 4 aromatic rings. The van der Waals surface area contributed by atoms with Gasteiger partial charge in [0.2, 0.25) is 0 Å². The Kier molecular flexibility index (Phi) is 9.94. The summed E-state index contributed by atoms with van der Waals surface area (Å²) in [4.78, 5) is 17.0. The third-order valence-electron chi connectivity index (χ3n) is 7.28. The Morgan fingerprint density at radius 2 is 1.82 bits per heavy atom. The Labute approximate surface area is 263 Å². The first-order valence-corrected chi connectivity index (χ1v) is 20.7. The number of hydrogen-bond acceptors (Lipinski definition) is 7. The van der Waals surface area contributed by atoms with Crippen LogP contribution in [0.2, 0.25) is 5.21 Å². The van der Waals surface area contributed by atoms with Crippen LogP contribution in [0, 0.1) is 6.92 Å². The van der Waals surface area contributed by atoms with Gasteiger partial charge in [0.05, 0.1) is 5.56 Å². The Morgan fingerprint density at radius 1 is 1.07 bits per heavy atom. The minimum absolute atomic E-state index is 0.139. The first-order chi connectivity index (χ1) is 21.5. The maximum atomic E-state index is 13.9. The van der Waals surface area contributed by atoms with Crippen LogP contribution in [0.25, 0.3) is 11.5 Å². The van der Waals surface area contributed by atoms with Crippen molar-refractivity contribution in [2.45, 2.75) is 43.3 Å². The van der Waals surface area contributed by atoms with Gasteiger partial charge in [0.25, 0.3) is 0 Å². The molecule has 2 heterocycles. The third kappa shape index (κ3) is 7.73. The number of carbonyl (C=O) groups is 1. The summed E-state index contributed by atoms with van der Waals surface area (Å²) < 4.78 is 84.8. The number of hydrogen-bond donors (Lipinski definition) is 0. The van der Waals surface area contributed by atoms with Gasteiger partial charge in [-0.2, -0.15) is 13.2 Å². The van der Waals surface area contributed by atoms with E-state index in [4.69, 9.17) is 13.9 Å². The van der Waals surface area contributed by atoms with E-state index in [1.165, 1.54) is 16.4 Å². The minimum atomic E-state index is -4.43. The number of benzene rings is 3. The fourth-order valence-corrected chi connectivity index (χ4v) is 14.9. The number of aryl methyl sites for hydroxylation is 1. The number of oxazole rings is 1. The summed E-state index contributed by atoms with van der Waals surface area (Å²) in [6, 6.07) is 19.2. The number of rotatable bonds is 12. The number of ether oxygens (including phenoxy) is 2. The second-order valence-electron chi connectivity index (χ2n) is 10.4. The first kappa shape index (κ1) is 32.6. The van der Waals surface area contributed by atoms with E-state index in [2.05, 4.69) is 4.98 Å². The number of esters is 1. The fraction of sp³-hybridized carbons (Fsp3) is 0.312. The SMILES string of the molecule is CCOC(=O)C[As](Cc1cccc(OCCc2nc(-c3ccc(C(F)(F)F)cc3)oc2C)c1)S(=O)(=O)N1CCc2ccccc21. The molecule has 0 bridgehead atoms. The summed E-state index contributed by atoms with van der Waals surface area (Å²) >= 11 is -2.92. The van der Waals surface area contributed by atoms with Gasteiger partial charge in [-0.25, -0.2) is 0 Å². The van der Waals surface area contributed by atoms with E-state index in [1.807, 2.05) is 24.3 Å². The number of alkyl halides is 3. The number of fused-ring (bicyclic) bond motifs is 1. The van der Waals surface area contributed by atoms with E-state index < -0.39 is 39.5 Å². The standard InChI is InChI=1S/C32H32AsF3N2O6S/c1-3-42-30(39)21-33(45(40,41)38-17-15-24-8-4-5-10-29(24)38)20-23-7-6-9-27(19-23)43-18-16-28-22(2)44-31(37-28)25-11-13-26(14-12-25)32(34,35)36/h4-14,19H,3,15-18,20-21H2,1-2H3. The molecule has 0 fully saturated rings. The van der Waals surface area contributed by atoms with Crippen molar-refractivity contribution in [3.63, 3.8) is 0 Å². The summed E-state index contributed by atoms with van der Waals surface area (Å²) in [7, 11) is -3.76. The molecule has 1 unspecified atom stereocenters. The van der Waals surface area contributed by atoms with Gasteiger partial charge < -0.3 is 0 Å². The van der Waals surface area contributed by atoms with E-state index in [-0.39, 0.29) is 29.5 Å². The Hall–Kier alpha value is -3.76. The molecule has 1 aliphatic rings. The average molecular weight is 705 g/mol. The summed E-state index contributed by atoms with van der Waals surface area (Å²) in [5, 5.41) is 0.0858. The van der Waals surface area contributed by atoms with Gasteiger partial charge in [0, 0.05) is 0 Å². The molecule has 0 radical (unpaired) electrons. The van der Waals surface area contributed by atoms with Crippen LogP contribution in [0.4, 0.5) is 18.9 Å². The predicted molar refractivity (Wildman–Crippen MR) is 165 cm³/mol. The number of carbonyl (C=O) groups excluding carboxylic acids is 1. The molecule has 13 heteroatoms. The van der Waals surface area contributed by atoms with Crippen molar-refractivity contribution in [3.05, 3.63) is 101 Å². The zero-order chi connectivity index (χ0) is 32.2. The van der Waals surface area contributed by atoms with Gasteiger partial charge in [-0.3, -0.25) is 0 Å². The van der Waals surface area contributed by atoms with Crippen molar-refractivity contribution in [2.75, 3.05) is 24.1 Å². The van der Waals surface area contributed by atoms with Crippen LogP contribution < -0.4 is 9.04 Å². The predicted octanol–water partition coefficient (Wildman–Crippen LogP) is 6.32.